The molecule has 92 valence electrons. The van der Waals surface area contributed by atoms with Crippen LogP contribution >= 0.6 is 23.2 Å². The summed E-state index contributed by atoms with van der Waals surface area (Å²) in [5, 5.41) is 0.782. The first-order chi connectivity index (χ1) is 8.47. The molecule has 0 bridgehead atoms. The molecule has 0 fully saturated rings. The Hall–Kier alpha value is -1.71. The maximum Gasteiger partial charge on any atom is 0.194 e. The van der Waals surface area contributed by atoms with E-state index in [-0.39, 0.29) is 5.78 Å². The monoisotopic (exact) mass is 280 g/mol. The number of benzene rings is 2. The molecule has 0 unspecified atom stereocenters. The Morgan fingerprint density at radius 3 is 2.17 bits per heavy atom. The van der Waals surface area contributed by atoms with Crippen LogP contribution in [0.25, 0.3) is 0 Å². The lowest BCUT2D eigenvalue weighted by molar-refractivity contribution is 0.103. The van der Waals surface area contributed by atoms with Gasteiger partial charge in [0.2, 0.25) is 0 Å². The molecule has 0 radical (unpaired) electrons. The quantitative estimate of drug-likeness (QED) is 0.654. The number of hydrogen-bond acceptors (Lipinski definition) is 3. The molecule has 0 amide bonds. The van der Waals surface area contributed by atoms with Gasteiger partial charge in [0, 0.05) is 27.5 Å². The van der Waals surface area contributed by atoms with Gasteiger partial charge >= 0.3 is 0 Å². The van der Waals surface area contributed by atoms with E-state index in [1.807, 2.05) is 0 Å². The number of halogens is 2. The van der Waals surface area contributed by atoms with E-state index in [1.54, 1.807) is 30.3 Å². The summed E-state index contributed by atoms with van der Waals surface area (Å²) in [6, 6.07) is 9.40. The Bertz CT molecular complexity index is 606. The number of rotatable bonds is 2. The molecule has 0 saturated heterocycles. The number of carbonyl (C=O) groups is 1. The van der Waals surface area contributed by atoms with Crippen molar-refractivity contribution in [1.29, 1.82) is 0 Å². The van der Waals surface area contributed by atoms with E-state index in [4.69, 9.17) is 34.7 Å². The van der Waals surface area contributed by atoms with E-state index in [1.165, 1.54) is 6.07 Å². The lowest BCUT2D eigenvalue weighted by Gasteiger charge is -2.06. The van der Waals surface area contributed by atoms with Crippen LogP contribution in [-0.2, 0) is 0 Å². The van der Waals surface area contributed by atoms with Crippen LogP contribution in [0.3, 0.4) is 0 Å². The van der Waals surface area contributed by atoms with E-state index in [0.717, 1.165) is 0 Å². The van der Waals surface area contributed by atoms with Gasteiger partial charge in [0.05, 0.1) is 5.02 Å². The summed E-state index contributed by atoms with van der Waals surface area (Å²) in [7, 11) is 0. The summed E-state index contributed by atoms with van der Waals surface area (Å²) >= 11 is 11.8. The Balaban J connectivity index is 2.51. The van der Waals surface area contributed by atoms with Crippen LogP contribution in [0.1, 0.15) is 15.9 Å². The molecule has 0 spiro atoms. The van der Waals surface area contributed by atoms with Crippen molar-refractivity contribution in [3.8, 4) is 0 Å². The maximum atomic E-state index is 12.3. The summed E-state index contributed by atoms with van der Waals surface area (Å²) in [5.41, 5.74) is 12.9. The fourth-order valence-electron chi connectivity index (χ4n) is 1.63. The van der Waals surface area contributed by atoms with Crippen molar-refractivity contribution in [2.24, 2.45) is 0 Å². The molecule has 18 heavy (non-hydrogen) atoms. The van der Waals surface area contributed by atoms with Crippen molar-refractivity contribution >= 4 is 40.4 Å². The Kier molecular flexibility index (Phi) is 3.45. The van der Waals surface area contributed by atoms with Crippen molar-refractivity contribution in [3.05, 3.63) is 57.6 Å². The predicted octanol–water partition coefficient (Wildman–Crippen LogP) is 3.39. The molecule has 0 aliphatic carbocycles. The van der Waals surface area contributed by atoms with E-state index < -0.39 is 0 Å². The van der Waals surface area contributed by atoms with E-state index in [0.29, 0.717) is 32.5 Å². The highest BCUT2D eigenvalue weighted by Crippen LogP contribution is 2.25. The summed E-state index contributed by atoms with van der Waals surface area (Å²) in [4.78, 5) is 12.3. The second-order valence-electron chi connectivity index (χ2n) is 3.84. The SMILES string of the molecule is Nc1cc(N)cc(C(=O)c2cc(Cl)ccc2Cl)c1. The van der Waals surface area contributed by atoms with Crippen LogP contribution in [0.5, 0.6) is 0 Å². The number of nitrogens with two attached hydrogens (primary N) is 2. The number of ketones is 1. The molecule has 3 nitrogen and oxygen atoms in total. The van der Waals surface area contributed by atoms with Gasteiger partial charge in [-0.15, -0.1) is 0 Å². The fourth-order valence-corrected chi connectivity index (χ4v) is 2.01. The lowest BCUT2D eigenvalue weighted by atomic mass is 10.0. The summed E-state index contributed by atoms with van der Waals surface area (Å²) in [6.07, 6.45) is 0. The second-order valence-corrected chi connectivity index (χ2v) is 4.69. The van der Waals surface area contributed by atoms with Gasteiger partial charge in [-0.2, -0.15) is 0 Å². The minimum Gasteiger partial charge on any atom is -0.399 e. The highest BCUT2D eigenvalue weighted by atomic mass is 35.5. The normalized spacial score (nSPS) is 10.3. The summed E-state index contributed by atoms with van der Waals surface area (Å²) in [5.74, 6) is -0.262. The molecule has 4 N–H and O–H groups in total. The minimum atomic E-state index is -0.262. The Labute approximate surface area is 114 Å². The van der Waals surface area contributed by atoms with Gasteiger partial charge < -0.3 is 11.5 Å². The molecule has 0 saturated carbocycles. The van der Waals surface area contributed by atoms with Crippen LogP contribution in [0.2, 0.25) is 10.0 Å². The van der Waals surface area contributed by atoms with Crippen LogP contribution in [-0.4, -0.2) is 5.78 Å². The zero-order chi connectivity index (χ0) is 13.3. The van der Waals surface area contributed by atoms with Crippen LogP contribution < -0.4 is 11.5 Å². The molecule has 0 heterocycles. The third-order valence-corrected chi connectivity index (χ3v) is 2.98. The first-order valence-corrected chi connectivity index (χ1v) is 5.89. The highest BCUT2D eigenvalue weighted by Gasteiger charge is 2.14. The number of anilines is 2. The summed E-state index contributed by atoms with van der Waals surface area (Å²) in [6.45, 7) is 0. The second kappa shape index (κ2) is 4.88. The van der Waals surface area contributed by atoms with Crippen molar-refractivity contribution in [3.63, 3.8) is 0 Å². The topological polar surface area (TPSA) is 69.1 Å². The standard InChI is InChI=1S/C13H10Cl2N2O/c14-8-1-2-12(15)11(5-8)13(18)7-3-9(16)6-10(17)4-7/h1-6H,16-17H2. The third-order valence-electron chi connectivity index (χ3n) is 2.41. The fraction of sp³-hybridized carbons (Fsp3) is 0. The Morgan fingerprint density at radius 2 is 1.56 bits per heavy atom. The van der Waals surface area contributed by atoms with Gasteiger partial charge in [-0.1, -0.05) is 23.2 Å². The van der Waals surface area contributed by atoms with Crippen molar-refractivity contribution in [2.75, 3.05) is 11.5 Å². The summed E-state index contributed by atoms with van der Waals surface area (Å²) < 4.78 is 0. The van der Waals surface area contributed by atoms with Crippen LogP contribution in [0.15, 0.2) is 36.4 Å². The first-order valence-electron chi connectivity index (χ1n) is 5.13. The van der Waals surface area contributed by atoms with E-state index in [2.05, 4.69) is 0 Å². The zero-order valence-electron chi connectivity index (χ0n) is 9.28. The minimum absolute atomic E-state index is 0.262. The Morgan fingerprint density at radius 1 is 0.944 bits per heavy atom. The third kappa shape index (κ3) is 2.58. The number of hydrogen-bond donors (Lipinski definition) is 2. The van der Waals surface area contributed by atoms with E-state index in [9.17, 15) is 4.79 Å². The van der Waals surface area contributed by atoms with Crippen molar-refractivity contribution in [1.82, 2.24) is 0 Å². The average molecular weight is 281 g/mol. The molecule has 0 aliphatic heterocycles. The molecule has 0 aliphatic rings. The van der Waals surface area contributed by atoms with E-state index >= 15 is 0 Å². The molecule has 0 aromatic heterocycles. The maximum absolute atomic E-state index is 12.3. The highest BCUT2D eigenvalue weighted by molar-refractivity contribution is 6.36. The lowest BCUT2D eigenvalue weighted by Crippen LogP contribution is -2.04. The molecule has 2 rings (SSSR count). The van der Waals surface area contributed by atoms with Crippen molar-refractivity contribution < 1.29 is 4.79 Å². The van der Waals surface area contributed by atoms with Gasteiger partial charge in [-0.05, 0) is 36.4 Å². The molecule has 5 heteroatoms. The van der Waals surface area contributed by atoms with Gasteiger partial charge in [-0.3, -0.25) is 4.79 Å². The van der Waals surface area contributed by atoms with Crippen LogP contribution in [0, 0.1) is 0 Å². The smallest absolute Gasteiger partial charge is 0.194 e. The first kappa shape index (κ1) is 12.7. The molecular formula is C13H10Cl2N2O. The number of carbonyl (C=O) groups excluding carboxylic acids is 1. The van der Waals surface area contributed by atoms with Crippen LogP contribution in [0.4, 0.5) is 11.4 Å². The van der Waals surface area contributed by atoms with Gasteiger partial charge in [-0.25, -0.2) is 0 Å². The largest absolute Gasteiger partial charge is 0.399 e. The molecular weight excluding hydrogens is 271 g/mol. The molecule has 0 atom stereocenters. The predicted molar refractivity (Wildman–Crippen MR) is 75.2 cm³/mol. The van der Waals surface area contributed by atoms with Gasteiger partial charge in [0.1, 0.15) is 0 Å². The number of nitrogen functional groups attached to an aromatic ring is 2. The zero-order valence-corrected chi connectivity index (χ0v) is 10.8. The molecule has 2 aromatic carbocycles. The average Bonchev–Trinajstić information content (AvgIpc) is 2.30. The van der Waals surface area contributed by atoms with Gasteiger partial charge in [0.15, 0.2) is 5.78 Å². The van der Waals surface area contributed by atoms with Gasteiger partial charge in [0.25, 0.3) is 0 Å². The molecule has 2 aromatic rings. The van der Waals surface area contributed by atoms with Crippen molar-refractivity contribution in [2.45, 2.75) is 0 Å².